The van der Waals surface area contributed by atoms with Gasteiger partial charge in [0.2, 0.25) is 5.82 Å². The molecule has 11 nitrogen and oxygen atoms in total. The number of rotatable bonds is 7. The third-order valence-electron chi connectivity index (χ3n) is 5.32. The molecule has 2 N–H and O–H groups in total. The number of nitrogens with one attached hydrogen (secondary N) is 2. The number of aromatic nitrogens is 5. The van der Waals surface area contributed by atoms with Gasteiger partial charge in [0.1, 0.15) is 17.8 Å². The summed E-state index contributed by atoms with van der Waals surface area (Å²) in [4.78, 5) is 16.7. The predicted molar refractivity (Wildman–Crippen MR) is 133 cm³/mol. The van der Waals surface area contributed by atoms with Crippen molar-refractivity contribution in [2.45, 2.75) is 12.7 Å². The number of ether oxygens (including phenoxy) is 2. The Kier molecular flexibility index (Phi) is 7.39. The molecule has 2 aromatic heterocycles. The van der Waals surface area contributed by atoms with Gasteiger partial charge in [-0.3, -0.25) is 5.32 Å². The fourth-order valence-electron chi connectivity index (χ4n) is 3.62. The number of carbonyl (C=O) groups excluding carboxylic acids is 1. The van der Waals surface area contributed by atoms with Crippen LogP contribution in [-0.2, 0) is 0 Å². The van der Waals surface area contributed by atoms with Gasteiger partial charge < -0.3 is 14.8 Å². The zero-order valence-corrected chi connectivity index (χ0v) is 20.6. The van der Waals surface area contributed by atoms with E-state index in [0.717, 1.165) is 18.2 Å². The van der Waals surface area contributed by atoms with E-state index in [-0.39, 0.29) is 22.8 Å². The van der Waals surface area contributed by atoms with E-state index in [0.29, 0.717) is 22.8 Å². The average molecular weight is 591 g/mol. The molecule has 0 spiro atoms. The number of nitrogens with zero attached hydrogens (tertiary/aromatic N) is 5. The summed E-state index contributed by atoms with van der Waals surface area (Å²) in [5.41, 5.74) is 1.01. The van der Waals surface area contributed by atoms with Gasteiger partial charge >= 0.3 is 18.8 Å². The molecular formula is C25H15F6N7O4. The summed E-state index contributed by atoms with van der Waals surface area (Å²) in [5.74, 6) is -0.909. The van der Waals surface area contributed by atoms with Gasteiger partial charge in [0.25, 0.3) is 0 Å². The van der Waals surface area contributed by atoms with Crippen molar-refractivity contribution < 1.29 is 45.2 Å². The number of para-hydroxylation sites is 1. The second-order valence-corrected chi connectivity index (χ2v) is 8.22. The molecule has 0 fully saturated rings. The highest BCUT2D eigenvalue weighted by Crippen LogP contribution is 2.35. The van der Waals surface area contributed by atoms with Gasteiger partial charge in [0.15, 0.2) is 11.5 Å². The molecule has 17 heteroatoms. The van der Waals surface area contributed by atoms with Crippen LogP contribution in [-0.4, -0.2) is 43.8 Å². The molecule has 0 aliphatic rings. The van der Waals surface area contributed by atoms with E-state index in [1.807, 2.05) is 0 Å². The fourth-order valence-corrected chi connectivity index (χ4v) is 3.62. The van der Waals surface area contributed by atoms with E-state index < -0.39 is 24.5 Å². The monoisotopic (exact) mass is 591 g/mol. The van der Waals surface area contributed by atoms with E-state index >= 15 is 0 Å². The fraction of sp³-hybridized carbons (Fsp3) is 0.0800. The molecule has 0 radical (unpaired) electrons. The summed E-state index contributed by atoms with van der Waals surface area (Å²) in [7, 11) is 0. The molecule has 216 valence electrons. The van der Waals surface area contributed by atoms with Crippen molar-refractivity contribution in [2.75, 3.05) is 10.6 Å². The minimum absolute atomic E-state index is 0.117. The molecule has 2 amide bonds. The van der Waals surface area contributed by atoms with Gasteiger partial charge in [-0.1, -0.05) is 12.1 Å². The first-order valence-corrected chi connectivity index (χ1v) is 11.6. The van der Waals surface area contributed by atoms with Crippen LogP contribution in [0.4, 0.5) is 42.6 Å². The highest BCUT2D eigenvalue weighted by Gasteiger charge is 2.33. The first kappa shape index (κ1) is 27.9. The zero-order valence-electron chi connectivity index (χ0n) is 20.6. The van der Waals surface area contributed by atoms with Crippen LogP contribution in [0, 0.1) is 0 Å². The number of anilines is 2. The molecule has 2 heterocycles. The molecule has 0 unspecified atom stereocenters. The third kappa shape index (κ3) is 6.93. The lowest BCUT2D eigenvalue weighted by Crippen LogP contribution is -2.20. The van der Waals surface area contributed by atoms with Gasteiger partial charge in [0.05, 0.1) is 11.3 Å². The van der Waals surface area contributed by atoms with Gasteiger partial charge in [-0.05, 0) is 71.0 Å². The molecule has 5 aromatic rings. The Balaban J connectivity index is 1.23. The summed E-state index contributed by atoms with van der Waals surface area (Å²) in [6.07, 6.45) is -8.39. The molecule has 0 atom stereocenters. The molecule has 3 aromatic carbocycles. The maximum atomic E-state index is 12.8. The highest BCUT2D eigenvalue weighted by atomic mass is 19.4. The highest BCUT2D eigenvalue weighted by molar-refractivity contribution is 6.01. The first-order chi connectivity index (χ1) is 19.9. The lowest BCUT2D eigenvalue weighted by molar-refractivity contribution is -0.275. The van der Waals surface area contributed by atoms with E-state index in [4.69, 9.17) is 0 Å². The second-order valence-electron chi connectivity index (χ2n) is 8.22. The van der Waals surface area contributed by atoms with Crippen molar-refractivity contribution in [2.24, 2.45) is 0 Å². The van der Waals surface area contributed by atoms with Crippen molar-refractivity contribution in [3.05, 3.63) is 79.1 Å². The Morgan fingerprint density at radius 1 is 0.810 bits per heavy atom. The Morgan fingerprint density at radius 2 is 1.50 bits per heavy atom. The van der Waals surface area contributed by atoms with E-state index in [9.17, 15) is 31.1 Å². The predicted octanol–water partition coefficient (Wildman–Crippen LogP) is 6.43. The molecule has 5 rings (SSSR count). The number of carbonyl (C=O) groups is 1. The Labute approximate surface area is 230 Å². The Morgan fingerprint density at radius 3 is 2.19 bits per heavy atom. The van der Waals surface area contributed by atoms with Crippen molar-refractivity contribution in [3.8, 4) is 39.8 Å². The van der Waals surface area contributed by atoms with Crippen molar-refractivity contribution in [1.82, 2.24) is 25.1 Å². The van der Waals surface area contributed by atoms with E-state index in [1.54, 1.807) is 12.1 Å². The van der Waals surface area contributed by atoms with Gasteiger partial charge in [-0.15, -0.1) is 31.4 Å². The maximum absolute atomic E-state index is 12.8. The molecule has 0 bridgehead atoms. The summed E-state index contributed by atoms with van der Waals surface area (Å²) in [6, 6.07) is 15.6. The zero-order chi connectivity index (χ0) is 29.9. The topological polar surface area (TPSA) is 129 Å². The quantitative estimate of drug-likeness (QED) is 0.207. The summed E-state index contributed by atoms with van der Waals surface area (Å²) in [5, 5.41) is 16.3. The summed E-state index contributed by atoms with van der Waals surface area (Å²) in [6.45, 7) is 0. The number of alkyl halides is 6. The summed E-state index contributed by atoms with van der Waals surface area (Å²) >= 11 is 0. The number of amides is 2. The standard InChI is InChI=1S/C25H15F6N7O4/c26-24(27,28)40-17-11-9-16(10-12-17)38-13-32-21(35-38)14-5-7-15(8-6-14)33-23(39)34-22-20(36-42-37-22)18-3-1-2-4-19(18)41-25(29,30)31/h1-13H,(H2,33,34,37,39). The van der Waals surface area contributed by atoms with Gasteiger partial charge in [-0.25, -0.2) is 19.1 Å². The van der Waals surface area contributed by atoms with Crippen LogP contribution >= 0.6 is 0 Å². The van der Waals surface area contributed by atoms with Crippen LogP contribution in [0.2, 0.25) is 0 Å². The SMILES string of the molecule is O=C(Nc1ccc(-c2ncn(-c3ccc(OC(F)(F)F)cc3)n2)cc1)Nc1nonc1-c1ccccc1OC(F)(F)F. The Bertz CT molecular complexity index is 1680. The number of hydrogen-bond donors (Lipinski definition) is 2. The average Bonchev–Trinajstić information content (AvgIpc) is 3.58. The smallest absolute Gasteiger partial charge is 0.406 e. The van der Waals surface area contributed by atoms with Crippen molar-refractivity contribution >= 4 is 17.5 Å². The lowest BCUT2D eigenvalue weighted by atomic mass is 10.1. The molecule has 42 heavy (non-hydrogen) atoms. The number of urea groups is 1. The number of hydrogen-bond acceptors (Lipinski definition) is 8. The first-order valence-electron chi connectivity index (χ1n) is 11.6. The molecule has 0 saturated heterocycles. The van der Waals surface area contributed by atoms with Crippen LogP contribution in [0.3, 0.4) is 0 Å². The largest absolute Gasteiger partial charge is 0.573 e. The van der Waals surface area contributed by atoms with Crippen molar-refractivity contribution in [1.29, 1.82) is 0 Å². The van der Waals surface area contributed by atoms with Gasteiger partial charge in [-0.2, -0.15) is 0 Å². The van der Waals surface area contributed by atoms with Crippen LogP contribution in [0.5, 0.6) is 11.5 Å². The maximum Gasteiger partial charge on any atom is 0.573 e. The van der Waals surface area contributed by atoms with E-state index in [1.165, 1.54) is 53.5 Å². The second kappa shape index (κ2) is 11.1. The van der Waals surface area contributed by atoms with E-state index in [2.05, 4.69) is 45.1 Å². The molecular weight excluding hydrogens is 576 g/mol. The van der Waals surface area contributed by atoms with Gasteiger partial charge in [0, 0.05) is 11.3 Å². The minimum atomic E-state index is -4.96. The van der Waals surface area contributed by atoms with Crippen LogP contribution in [0.1, 0.15) is 0 Å². The molecule has 0 saturated carbocycles. The normalized spacial score (nSPS) is 11.7. The molecule has 0 aliphatic carbocycles. The van der Waals surface area contributed by atoms with Crippen LogP contribution in [0.15, 0.2) is 83.8 Å². The molecule has 0 aliphatic heterocycles. The Hall–Kier alpha value is -5.61. The van der Waals surface area contributed by atoms with Crippen molar-refractivity contribution in [3.63, 3.8) is 0 Å². The van der Waals surface area contributed by atoms with Crippen LogP contribution < -0.4 is 20.1 Å². The minimum Gasteiger partial charge on any atom is -0.406 e. The van der Waals surface area contributed by atoms with Crippen LogP contribution in [0.25, 0.3) is 28.3 Å². The number of halogens is 6. The summed E-state index contributed by atoms with van der Waals surface area (Å²) < 4.78 is 89.3. The number of benzene rings is 3. The lowest BCUT2D eigenvalue weighted by Gasteiger charge is -2.12. The third-order valence-corrected chi connectivity index (χ3v) is 5.32.